The number of nitrogens with one attached hydrogen (secondary N) is 1. The fraction of sp³-hybridized carbons (Fsp3) is 0.769. The highest BCUT2D eigenvalue weighted by molar-refractivity contribution is 7.07. The third kappa shape index (κ3) is 4.74. The second-order valence-electron chi connectivity index (χ2n) is 5.13. The van der Waals surface area contributed by atoms with Gasteiger partial charge >= 0.3 is 0 Å². The molecule has 0 saturated carbocycles. The minimum atomic E-state index is 0.252. The van der Waals surface area contributed by atoms with Crippen LogP contribution in [0, 0.1) is 11.3 Å². The predicted octanol–water partition coefficient (Wildman–Crippen LogP) is 2.58. The molecule has 1 unspecified atom stereocenters. The average Bonchev–Trinajstić information content (AvgIpc) is 2.77. The summed E-state index contributed by atoms with van der Waals surface area (Å²) in [7, 11) is 1.73. The van der Waals surface area contributed by atoms with Crippen molar-refractivity contribution >= 4 is 11.3 Å². The summed E-state index contributed by atoms with van der Waals surface area (Å²) in [6, 6.07) is 0. The standard InChI is InChI=1S/C13H24N2OS/c1-11(2)13(3,9-14-5-6-16-4)7-12-8-17-10-15-12/h8,10-11,14H,5-7,9H2,1-4H3. The normalized spacial score (nSPS) is 15.1. The van der Waals surface area contributed by atoms with Crippen molar-refractivity contribution in [1.82, 2.24) is 10.3 Å². The quantitative estimate of drug-likeness (QED) is 0.726. The highest BCUT2D eigenvalue weighted by atomic mass is 32.1. The van der Waals surface area contributed by atoms with E-state index >= 15 is 0 Å². The van der Waals surface area contributed by atoms with Crippen LogP contribution in [0.4, 0.5) is 0 Å². The van der Waals surface area contributed by atoms with Crippen molar-refractivity contribution in [3.8, 4) is 0 Å². The molecule has 0 bridgehead atoms. The first-order valence-electron chi connectivity index (χ1n) is 6.15. The number of hydrogen-bond acceptors (Lipinski definition) is 4. The smallest absolute Gasteiger partial charge is 0.0794 e. The second kappa shape index (κ2) is 7.09. The molecule has 3 nitrogen and oxygen atoms in total. The molecule has 17 heavy (non-hydrogen) atoms. The number of thiazole rings is 1. The fourth-order valence-electron chi connectivity index (χ4n) is 1.76. The molecule has 1 heterocycles. The van der Waals surface area contributed by atoms with Gasteiger partial charge in [-0.1, -0.05) is 20.8 Å². The molecule has 1 aromatic rings. The Bertz CT molecular complexity index is 300. The Kier molecular flexibility index (Phi) is 6.09. The van der Waals surface area contributed by atoms with Gasteiger partial charge in [0.1, 0.15) is 0 Å². The summed E-state index contributed by atoms with van der Waals surface area (Å²) in [5.74, 6) is 0.624. The van der Waals surface area contributed by atoms with Crippen molar-refractivity contribution in [2.24, 2.45) is 11.3 Å². The molecule has 98 valence electrons. The Balaban J connectivity index is 2.50. The van der Waals surface area contributed by atoms with E-state index in [4.69, 9.17) is 4.74 Å². The molecule has 0 aromatic carbocycles. The largest absolute Gasteiger partial charge is 0.383 e. The molecule has 0 fully saturated rings. The van der Waals surface area contributed by atoms with Crippen molar-refractivity contribution in [1.29, 1.82) is 0 Å². The Morgan fingerprint density at radius 2 is 2.29 bits per heavy atom. The zero-order valence-corrected chi connectivity index (χ0v) is 12.1. The number of nitrogens with zero attached hydrogens (tertiary/aromatic N) is 1. The molecule has 0 aliphatic heterocycles. The van der Waals surface area contributed by atoms with Gasteiger partial charge < -0.3 is 10.1 Å². The van der Waals surface area contributed by atoms with Crippen molar-refractivity contribution in [2.75, 3.05) is 26.8 Å². The van der Waals surface area contributed by atoms with E-state index in [0.717, 1.165) is 26.1 Å². The van der Waals surface area contributed by atoms with E-state index in [1.54, 1.807) is 18.4 Å². The molecule has 0 aliphatic rings. The summed E-state index contributed by atoms with van der Waals surface area (Å²) < 4.78 is 5.05. The minimum absolute atomic E-state index is 0.252. The van der Waals surface area contributed by atoms with E-state index in [-0.39, 0.29) is 5.41 Å². The fourth-order valence-corrected chi connectivity index (χ4v) is 2.32. The Hall–Kier alpha value is -0.450. The molecule has 0 saturated heterocycles. The molecule has 1 rings (SSSR count). The maximum atomic E-state index is 5.05. The predicted molar refractivity (Wildman–Crippen MR) is 73.5 cm³/mol. The van der Waals surface area contributed by atoms with Crippen molar-refractivity contribution in [3.63, 3.8) is 0 Å². The zero-order chi connectivity index (χ0) is 12.7. The van der Waals surface area contributed by atoms with Crippen molar-refractivity contribution in [3.05, 3.63) is 16.6 Å². The van der Waals surface area contributed by atoms with Crippen molar-refractivity contribution < 1.29 is 4.74 Å². The van der Waals surface area contributed by atoms with Gasteiger partial charge in [-0.3, -0.25) is 0 Å². The lowest BCUT2D eigenvalue weighted by molar-refractivity contribution is 0.174. The monoisotopic (exact) mass is 256 g/mol. The molecule has 1 atom stereocenters. The second-order valence-corrected chi connectivity index (χ2v) is 5.85. The SMILES string of the molecule is COCCNCC(C)(Cc1cscn1)C(C)C. The van der Waals surface area contributed by atoms with E-state index in [1.807, 2.05) is 5.51 Å². The van der Waals surface area contributed by atoms with Crippen LogP contribution < -0.4 is 5.32 Å². The van der Waals surface area contributed by atoms with Crippen molar-refractivity contribution in [2.45, 2.75) is 27.2 Å². The topological polar surface area (TPSA) is 34.1 Å². The Labute approximate surface area is 109 Å². The lowest BCUT2D eigenvalue weighted by Crippen LogP contribution is -2.39. The van der Waals surface area contributed by atoms with Crippen LogP contribution in [0.5, 0.6) is 0 Å². The first-order valence-corrected chi connectivity index (χ1v) is 7.09. The lowest BCUT2D eigenvalue weighted by Gasteiger charge is -2.33. The van der Waals surface area contributed by atoms with Crippen LogP contribution in [0.15, 0.2) is 10.9 Å². The van der Waals surface area contributed by atoms with Gasteiger partial charge in [0.05, 0.1) is 17.8 Å². The summed E-state index contributed by atoms with van der Waals surface area (Å²) in [6.07, 6.45) is 1.04. The van der Waals surface area contributed by atoms with Crippen LogP contribution >= 0.6 is 11.3 Å². The first-order chi connectivity index (χ1) is 8.08. The Morgan fingerprint density at radius 3 is 2.82 bits per heavy atom. The molecule has 0 radical (unpaired) electrons. The van der Waals surface area contributed by atoms with E-state index in [2.05, 4.69) is 36.5 Å². The summed E-state index contributed by atoms with van der Waals surface area (Å²) >= 11 is 1.67. The van der Waals surface area contributed by atoms with Gasteiger partial charge in [0.2, 0.25) is 0 Å². The molecular weight excluding hydrogens is 232 g/mol. The van der Waals surface area contributed by atoms with Gasteiger partial charge in [0, 0.05) is 25.6 Å². The van der Waals surface area contributed by atoms with Crippen LogP contribution in [0.1, 0.15) is 26.5 Å². The summed E-state index contributed by atoms with van der Waals surface area (Å²) in [5, 5.41) is 5.62. The van der Waals surface area contributed by atoms with Gasteiger partial charge in [-0.05, 0) is 17.8 Å². The lowest BCUT2D eigenvalue weighted by atomic mass is 9.75. The first kappa shape index (κ1) is 14.6. The third-order valence-electron chi connectivity index (χ3n) is 3.47. The number of rotatable bonds is 8. The molecule has 1 N–H and O–H groups in total. The number of hydrogen-bond donors (Lipinski definition) is 1. The van der Waals surface area contributed by atoms with Crippen LogP contribution in [-0.2, 0) is 11.2 Å². The molecular formula is C13H24N2OS. The van der Waals surface area contributed by atoms with Crippen LogP contribution in [0.2, 0.25) is 0 Å². The molecule has 0 amide bonds. The highest BCUT2D eigenvalue weighted by Gasteiger charge is 2.28. The summed E-state index contributed by atoms with van der Waals surface area (Å²) in [5.41, 5.74) is 3.37. The molecule has 0 aliphatic carbocycles. The van der Waals surface area contributed by atoms with Gasteiger partial charge in [-0.2, -0.15) is 0 Å². The molecule has 4 heteroatoms. The number of ether oxygens (including phenoxy) is 1. The summed E-state index contributed by atoms with van der Waals surface area (Å²) in [6.45, 7) is 9.58. The van der Waals surface area contributed by atoms with Crippen LogP contribution in [0.25, 0.3) is 0 Å². The maximum Gasteiger partial charge on any atom is 0.0794 e. The van der Waals surface area contributed by atoms with Gasteiger partial charge in [0.25, 0.3) is 0 Å². The van der Waals surface area contributed by atoms with Crippen LogP contribution in [-0.4, -0.2) is 31.8 Å². The van der Waals surface area contributed by atoms with E-state index < -0.39 is 0 Å². The molecule has 1 aromatic heterocycles. The van der Waals surface area contributed by atoms with E-state index in [9.17, 15) is 0 Å². The minimum Gasteiger partial charge on any atom is -0.383 e. The zero-order valence-electron chi connectivity index (χ0n) is 11.3. The highest BCUT2D eigenvalue weighted by Crippen LogP contribution is 2.30. The number of methoxy groups -OCH3 is 1. The van der Waals surface area contributed by atoms with E-state index in [1.165, 1.54) is 5.69 Å². The maximum absolute atomic E-state index is 5.05. The van der Waals surface area contributed by atoms with Gasteiger partial charge in [-0.15, -0.1) is 11.3 Å². The molecule has 0 spiro atoms. The number of aromatic nitrogens is 1. The summed E-state index contributed by atoms with van der Waals surface area (Å²) in [4.78, 5) is 4.39. The van der Waals surface area contributed by atoms with Gasteiger partial charge in [-0.25, -0.2) is 4.98 Å². The average molecular weight is 256 g/mol. The van der Waals surface area contributed by atoms with Crippen LogP contribution in [0.3, 0.4) is 0 Å². The Morgan fingerprint density at radius 1 is 1.53 bits per heavy atom. The van der Waals surface area contributed by atoms with E-state index in [0.29, 0.717) is 5.92 Å². The van der Waals surface area contributed by atoms with Gasteiger partial charge in [0.15, 0.2) is 0 Å². The third-order valence-corrected chi connectivity index (χ3v) is 4.11.